The Morgan fingerprint density at radius 2 is 1.96 bits per heavy atom. The van der Waals surface area contributed by atoms with E-state index in [0.717, 1.165) is 12.2 Å². The van der Waals surface area contributed by atoms with Gasteiger partial charge in [0.2, 0.25) is 5.89 Å². The van der Waals surface area contributed by atoms with Crippen molar-refractivity contribution in [1.82, 2.24) is 9.88 Å². The minimum absolute atomic E-state index is 0.0749. The molecule has 26 heavy (non-hydrogen) atoms. The van der Waals surface area contributed by atoms with Crippen LogP contribution in [0.15, 0.2) is 34.9 Å². The lowest BCUT2D eigenvalue weighted by Crippen LogP contribution is -2.35. The van der Waals surface area contributed by atoms with Gasteiger partial charge >= 0.3 is 12.0 Å². The summed E-state index contributed by atoms with van der Waals surface area (Å²) in [5.74, 6) is 0.424. The first-order valence-electron chi connectivity index (χ1n) is 8.38. The fourth-order valence-electron chi connectivity index (χ4n) is 2.27. The molecule has 2 rings (SSSR count). The number of urea groups is 1. The van der Waals surface area contributed by atoms with E-state index < -0.39 is 5.97 Å². The number of amides is 2. The molecule has 1 aromatic carbocycles. The second kappa shape index (κ2) is 9.45. The lowest BCUT2D eigenvalue weighted by Gasteiger charge is -2.21. The van der Waals surface area contributed by atoms with Crippen molar-refractivity contribution >= 4 is 17.7 Å². The number of hydrogen-bond acceptors (Lipinski definition) is 6. The average molecular weight is 361 g/mol. The van der Waals surface area contributed by atoms with Crippen molar-refractivity contribution in [2.45, 2.75) is 26.8 Å². The maximum absolute atomic E-state index is 12.5. The van der Waals surface area contributed by atoms with Crippen LogP contribution in [0.25, 0.3) is 0 Å². The highest BCUT2D eigenvalue weighted by molar-refractivity contribution is 5.89. The van der Waals surface area contributed by atoms with Gasteiger partial charge in [0, 0.05) is 12.2 Å². The lowest BCUT2D eigenvalue weighted by molar-refractivity contribution is 0.0594. The number of nitrogens with zero attached hydrogens (tertiary/aromatic N) is 2. The van der Waals surface area contributed by atoms with Crippen LogP contribution in [0.1, 0.15) is 36.6 Å². The zero-order valence-corrected chi connectivity index (χ0v) is 15.2. The van der Waals surface area contributed by atoms with Crippen molar-refractivity contribution in [2.24, 2.45) is 0 Å². The van der Waals surface area contributed by atoms with E-state index in [1.54, 1.807) is 29.2 Å². The minimum Gasteiger partial charge on any atom is -0.494 e. The first-order valence-corrected chi connectivity index (χ1v) is 8.38. The molecule has 0 saturated carbocycles. The molecule has 0 radical (unpaired) electrons. The number of oxazole rings is 1. The van der Waals surface area contributed by atoms with E-state index in [0.29, 0.717) is 18.8 Å². The number of nitrogens with one attached hydrogen (secondary N) is 1. The number of esters is 1. The van der Waals surface area contributed by atoms with Crippen molar-refractivity contribution in [3.8, 4) is 5.75 Å². The Labute approximate surface area is 152 Å². The van der Waals surface area contributed by atoms with Gasteiger partial charge in [-0.1, -0.05) is 6.92 Å². The third-order valence-corrected chi connectivity index (χ3v) is 3.47. The van der Waals surface area contributed by atoms with Crippen LogP contribution in [0.4, 0.5) is 10.5 Å². The fourth-order valence-corrected chi connectivity index (χ4v) is 2.27. The molecule has 8 heteroatoms. The summed E-state index contributed by atoms with van der Waals surface area (Å²) in [7, 11) is 1.27. The molecule has 8 nitrogen and oxygen atoms in total. The van der Waals surface area contributed by atoms with E-state index in [4.69, 9.17) is 9.15 Å². The van der Waals surface area contributed by atoms with E-state index in [9.17, 15) is 9.59 Å². The van der Waals surface area contributed by atoms with Crippen LogP contribution in [0.5, 0.6) is 5.75 Å². The molecule has 0 atom stereocenters. The van der Waals surface area contributed by atoms with E-state index in [2.05, 4.69) is 15.0 Å². The van der Waals surface area contributed by atoms with Crippen LogP contribution in [-0.2, 0) is 11.3 Å². The summed E-state index contributed by atoms with van der Waals surface area (Å²) in [6.07, 6.45) is 1.98. The van der Waals surface area contributed by atoms with Crippen molar-refractivity contribution in [1.29, 1.82) is 0 Å². The van der Waals surface area contributed by atoms with Crippen molar-refractivity contribution < 1.29 is 23.5 Å². The Kier molecular flexibility index (Phi) is 7.02. The summed E-state index contributed by atoms with van der Waals surface area (Å²) >= 11 is 0. The number of carbonyl (C=O) groups excluding carboxylic acids is 2. The molecule has 1 heterocycles. The summed E-state index contributed by atoms with van der Waals surface area (Å²) in [5.41, 5.74) is 0.730. The quantitative estimate of drug-likeness (QED) is 0.725. The number of hydrogen-bond donors (Lipinski definition) is 1. The van der Waals surface area contributed by atoms with Crippen LogP contribution in [0.3, 0.4) is 0 Å². The van der Waals surface area contributed by atoms with Crippen LogP contribution in [0.2, 0.25) is 0 Å². The molecule has 1 aromatic heterocycles. The van der Waals surface area contributed by atoms with Gasteiger partial charge in [-0.2, -0.15) is 0 Å². The molecule has 0 spiro atoms. The number of benzene rings is 1. The summed E-state index contributed by atoms with van der Waals surface area (Å²) in [4.78, 5) is 29.6. The molecule has 0 aliphatic carbocycles. The van der Waals surface area contributed by atoms with E-state index in [1.807, 2.05) is 13.8 Å². The highest BCUT2D eigenvalue weighted by Gasteiger charge is 2.18. The van der Waals surface area contributed by atoms with Gasteiger partial charge in [-0.3, -0.25) is 0 Å². The molecule has 0 aliphatic rings. The van der Waals surface area contributed by atoms with Gasteiger partial charge in [0.15, 0.2) is 5.69 Å². The van der Waals surface area contributed by atoms with Gasteiger partial charge in [-0.05, 0) is 37.6 Å². The zero-order chi connectivity index (χ0) is 18.9. The number of rotatable bonds is 8. The Hall–Kier alpha value is -3.03. The molecular formula is C18H23N3O5. The van der Waals surface area contributed by atoms with Crippen LogP contribution in [0, 0.1) is 0 Å². The molecular weight excluding hydrogens is 338 g/mol. The first-order chi connectivity index (χ1) is 12.6. The Morgan fingerprint density at radius 1 is 1.23 bits per heavy atom. The molecule has 0 unspecified atom stereocenters. The second-order valence-corrected chi connectivity index (χ2v) is 5.43. The van der Waals surface area contributed by atoms with Gasteiger partial charge in [0.25, 0.3) is 0 Å². The van der Waals surface area contributed by atoms with Crippen LogP contribution in [-0.4, -0.2) is 42.1 Å². The molecule has 0 aliphatic heterocycles. The third kappa shape index (κ3) is 5.23. The van der Waals surface area contributed by atoms with Crippen molar-refractivity contribution in [3.05, 3.63) is 42.1 Å². The number of aromatic nitrogens is 1. The minimum atomic E-state index is -0.583. The number of carbonyl (C=O) groups is 2. The van der Waals surface area contributed by atoms with Gasteiger partial charge in [-0.25, -0.2) is 14.6 Å². The van der Waals surface area contributed by atoms with Crippen molar-refractivity contribution in [3.63, 3.8) is 0 Å². The fraction of sp³-hybridized carbons (Fsp3) is 0.389. The number of anilines is 1. The molecule has 140 valence electrons. The zero-order valence-electron chi connectivity index (χ0n) is 15.2. The lowest BCUT2D eigenvalue weighted by atomic mass is 10.3. The van der Waals surface area contributed by atoms with Gasteiger partial charge < -0.3 is 24.1 Å². The monoisotopic (exact) mass is 361 g/mol. The van der Waals surface area contributed by atoms with Crippen molar-refractivity contribution in [2.75, 3.05) is 25.6 Å². The van der Waals surface area contributed by atoms with E-state index >= 15 is 0 Å². The number of methoxy groups -OCH3 is 1. The smallest absolute Gasteiger partial charge is 0.360 e. The largest absolute Gasteiger partial charge is 0.494 e. The van der Waals surface area contributed by atoms with E-state index in [-0.39, 0.29) is 24.2 Å². The topological polar surface area (TPSA) is 93.9 Å². The Morgan fingerprint density at radius 3 is 2.58 bits per heavy atom. The van der Waals surface area contributed by atoms with Crippen LogP contribution >= 0.6 is 0 Å². The maximum Gasteiger partial charge on any atom is 0.360 e. The average Bonchev–Trinajstić information content (AvgIpc) is 3.11. The number of ether oxygens (including phenoxy) is 2. The molecule has 1 N–H and O–H groups in total. The molecule has 0 saturated heterocycles. The van der Waals surface area contributed by atoms with Gasteiger partial charge in [0.05, 0.1) is 20.3 Å². The summed E-state index contributed by atoms with van der Waals surface area (Å²) in [5, 5.41) is 2.83. The summed E-state index contributed by atoms with van der Waals surface area (Å²) in [6, 6.07) is 6.84. The van der Waals surface area contributed by atoms with E-state index in [1.165, 1.54) is 13.4 Å². The normalized spacial score (nSPS) is 10.3. The molecule has 2 amide bonds. The molecule has 2 aromatic rings. The first kappa shape index (κ1) is 19.3. The second-order valence-electron chi connectivity index (χ2n) is 5.43. The Bertz CT molecular complexity index is 727. The predicted molar refractivity (Wildman–Crippen MR) is 95.2 cm³/mol. The summed E-state index contributed by atoms with van der Waals surface area (Å²) < 4.78 is 15.2. The highest BCUT2D eigenvalue weighted by Crippen LogP contribution is 2.17. The van der Waals surface area contributed by atoms with Gasteiger partial charge in [0.1, 0.15) is 12.0 Å². The van der Waals surface area contributed by atoms with Crippen LogP contribution < -0.4 is 10.1 Å². The van der Waals surface area contributed by atoms with Gasteiger partial charge in [-0.15, -0.1) is 0 Å². The molecule has 0 bridgehead atoms. The summed E-state index contributed by atoms with van der Waals surface area (Å²) in [6.45, 7) is 5.12. The Balaban J connectivity index is 2.02. The SMILES string of the molecule is CCCN(Cc1nc(C(=O)OC)co1)C(=O)Nc1ccc(OCC)cc1. The standard InChI is InChI=1S/C18H23N3O5/c1-4-10-21(11-16-20-15(12-26-16)17(22)24-3)18(23)19-13-6-8-14(9-7-13)25-5-2/h6-9,12H,4-5,10-11H2,1-3H3,(H,19,23). The molecule has 0 fully saturated rings. The predicted octanol–water partition coefficient (Wildman–Crippen LogP) is 3.30. The maximum atomic E-state index is 12.5. The third-order valence-electron chi connectivity index (χ3n) is 3.47. The highest BCUT2D eigenvalue weighted by atomic mass is 16.5.